The van der Waals surface area contributed by atoms with Gasteiger partial charge < -0.3 is 15.2 Å². The van der Waals surface area contributed by atoms with E-state index in [9.17, 15) is 22.8 Å². The van der Waals surface area contributed by atoms with E-state index in [0.717, 1.165) is 18.4 Å². The van der Waals surface area contributed by atoms with Crippen LogP contribution < -0.4 is 20.8 Å². The van der Waals surface area contributed by atoms with E-state index in [1.54, 1.807) is 46.4 Å². The number of aryl methyl sites for hydroxylation is 1. The van der Waals surface area contributed by atoms with Gasteiger partial charge in [-0.15, -0.1) is 0 Å². The van der Waals surface area contributed by atoms with Crippen LogP contribution in [0, 0.1) is 0 Å². The molecule has 3 rings (SSSR count). The Morgan fingerprint density at radius 3 is 2.30 bits per heavy atom. The number of hydroxylamine groups is 1. The first-order chi connectivity index (χ1) is 20.6. The first-order valence-electron chi connectivity index (χ1n) is 14.0. The van der Waals surface area contributed by atoms with E-state index in [1.807, 2.05) is 18.6 Å². The molecule has 14 heteroatoms. The fraction of sp³-hybridized carbons (Fsp3) is 0.379. The normalized spacial score (nSPS) is 11.9. The van der Waals surface area contributed by atoms with E-state index in [1.165, 1.54) is 18.3 Å². The molecule has 1 heterocycles. The summed E-state index contributed by atoms with van der Waals surface area (Å²) in [4.78, 5) is 41.8. The number of sulfonamides is 1. The molecule has 232 valence electrons. The maximum atomic E-state index is 13.5. The number of hydrogen-bond acceptors (Lipinski definition) is 7. The Labute approximate surface area is 256 Å². The fourth-order valence-corrected chi connectivity index (χ4v) is 5.38. The lowest BCUT2D eigenvalue weighted by molar-refractivity contribution is -0.129. The molecular formula is C29H37ClN6O6S. The van der Waals surface area contributed by atoms with Gasteiger partial charge in [-0.1, -0.05) is 56.1 Å². The molecule has 0 radical (unpaired) electrons. The summed E-state index contributed by atoms with van der Waals surface area (Å²) in [6, 6.07) is 11.6. The third-order valence-electron chi connectivity index (χ3n) is 6.55. The van der Waals surface area contributed by atoms with Crippen molar-refractivity contribution in [1.82, 2.24) is 30.4 Å². The molecule has 0 bridgehead atoms. The van der Waals surface area contributed by atoms with Gasteiger partial charge in [0.15, 0.2) is 0 Å². The second-order valence-electron chi connectivity index (χ2n) is 9.99. The zero-order valence-electron chi connectivity index (χ0n) is 24.1. The number of unbranched alkanes of at least 4 members (excludes halogenated alkanes) is 1. The van der Waals surface area contributed by atoms with Gasteiger partial charge in [0.1, 0.15) is 11.5 Å². The van der Waals surface area contributed by atoms with E-state index in [2.05, 4.69) is 15.6 Å². The summed E-state index contributed by atoms with van der Waals surface area (Å²) in [5, 5.41) is 15.0. The van der Waals surface area contributed by atoms with Gasteiger partial charge in [0.2, 0.25) is 5.91 Å². The molecule has 0 aliphatic carbocycles. The number of nitrogens with zero attached hydrogens (tertiary/aromatic N) is 2. The van der Waals surface area contributed by atoms with Crippen LogP contribution in [0.5, 0.6) is 0 Å². The molecule has 1 aromatic heterocycles. The molecule has 4 amide bonds. The zero-order valence-corrected chi connectivity index (χ0v) is 25.7. The largest absolute Gasteiger partial charge is 0.347 e. The number of aromatic nitrogens is 2. The topological polar surface area (TPSA) is 172 Å². The lowest BCUT2D eigenvalue weighted by Crippen LogP contribution is -2.41. The third-order valence-corrected chi connectivity index (χ3v) is 8.15. The van der Waals surface area contributed by atoms with Gasteiger partial charge >= 0.3 is 6.03 Å². The number of imidazole rings is 1. The highest BCUT2D eigenvalue weighted by molar-refractivity contribution is 7.90. The molecule has 5 N–H and O–H groups in total. The van der Waals surface area contributed by atoms with Crippen LogP contribution in [0.15, 0.2) is 59.6 Å². The van der Waals surface area contributed by atoms with Crippen molar-refractivity contribution in [3.63, 3.8) is 0 Å². The van der Waals surface area contributed by atoms with Crippen LogP contribution in [0.1, 0.15) is 67.0 Å². The standard InChI is InChI=1S/C29H37ClN6O6S/c1-3-5-6-26-32-18-25(28(38)33-23(17-27(37)34-40)16-20-7-11-22(30)12-8-20)36(26)19-21-9-13-24(14-10-21)43(41,42)35-29(39)31-15-4-2/h7-14,18,23,40H,3-6,15-17,19H2,1-2H3,(H,33,38)(H,34,37)(H2,31,35,39). The number of nitrogens with one attached hydrogen (secondary N) is 4. The second-order valence-corrected chi connectivity index (χ2v) is 12.1. The van der Waals surface area contributed by atoms with E-state index in [4.69, 9.17) is 16.8 Å². The molecule has 2 aromatic carbocycles. The zero-order chi connectivity index (χ0) is 31.4. The summed E-state index contributed by atoms with van der Waals surface area (Å²) in [5.74, 6) is -0.425. The molecule has 3 aromatic rings. The Balaban J connectivity index is 1.82. The number of halogens is 1. The van der Waals surface area contributed by atoms with Crippen LogP contribution in [0.2, 0.25) is 5.02 Å². The number of rotatable bonds is 15. The minimum atomic E-state index is -4.07. The predicted molar refractivity (Wildman–Crippen MR) is 161 cm³/mol. The predicted octanol–water partition coefficient (Wildman–Crippen LogP) is 3.56. The lowest BCUT2D eigenvalue weighted by atomic mass is 10.0. The Kier molecular flexibility index (Phi) is 12.5. The third kappa shape index (κ3) is 10.1. The molecule has 0 spiro atoms. The van der Waals surface area contributed by atoms with Gasteiger partial charge in [-0.25, -0.2) is 28.4 Å². The van der Waals surface area contributed by atoms with Gasteiger partial charge in [0.25, 0.3) is 15.9 Å². The van der Waals surface area contributed by atoms with Crippen molar-refractivity contribution in [2.24, 2.45) is 0 Å². The first kappa shape index (κ1) is 33.6. The van der Waals surface area contributed by atoms with Gasteiger partial charge in [-0.05, 0) is 54.7 Å². The quantitative estimate of drug-likeness (QED) is 0.126. The number of urea groups is 1. The highest BCUT2D eigenvalue weighted by Crippen LogP contribution is 2.17. The van der Waals surface area contributed by atoms with Crippen molar-refractivity contribution in [3.8, 4) is 0 Å². The monoisotopic (exact) mass is 632 g/mol. The van der Waals surface area contributed by atoms with Crippen molar-refractivity contribution in [1.29, 1.82) is 0 Å². The average molecular weight is 633 g/mol. The molecule has 0 saturated heterocycles. The van der Waals surface area contributed by atoms with Crippen LogP contribution in [0.25, 0.3) is 0 Å². The van der Waals surface area contributed by atoms with Crippen LogP contribution in [0.4, 0.5) is 4.79 Å². The summed E-state index contributed by atoms with van der Waals surface area (Å²) in [6.45, 7) is 4.47. The fourth-order valence-electron chi connectivity index (χ4n) is 4.33. The Morgan fingerprint density at radius 2 is 1.67 bits per heavy atom. The van der Waals surface area contributed by atoms with Crippen molar-refractivity contribution < 1.29 is 28.0 Å². The van der Waals surface area contributed by atoms with Gasteiger partial charge in [-0.2, -0.15) is 0 Å². The Hall–Kier alpha value is -3.94. The highest BCUT2D eigenvalue weighted by Gasteiger charge is 2.23. The Morgan fingerprint density at radius 1 is 1.00 bits per heavy atom. The van der Waals surface area contributed by atoms with E-state index >= 15 is 0 Å². The maximum absolute atomic E-state index is 13.5. The number of carbonyl (C=O) groups is 3. The number of hydrogen-bond donors (Lipinski definition) is 5. The van der Waals surface area contributed by atoms with E-state index in [-0.39, 0.29) is 23.6 Å². The summed E-state index contributed by atoms with van der Waals surface area (Å²) in [6.07, 6.45) is 4.67. The van der Waals surface area contributed by atoms with Crippen molar-refractivity contribution >= 4 is 39.5 Å². The molecule has 12 nitrogen and oxygen atoms in total. The molecule has 0 aliphatic heterocycles. The first-order valence-corrected chi connectivity index (χ1v) is 15.8. The van der Waals surface area contributed by atoms with Gasteiger partial charge in [0, 0.05) is 37.0 Å². The van der Waals surface area contributed by atoms with Crippen LogP contribution in [-0.2, 0) is 34.2 Å². The molecule has 0 aliphatic rings. The number of benzene rings is 2. The highest BCUT2D eigenvalue weighted by atomic mass is 35.5. The van der Waals surface area contributed by atoms with Crippen molar-refractivity contribution in [2.75, 3.05) is 6.54 Å². The summed E-state index contributed by atoms with van der Waals surface area (Å²) >= 11 is 5.98. The summed E-state index contributed by atoms with van der Waals surface area (Å²) in [7, 11) is -4.07. The van der Waals surface area contributed by atoms with Crippen molar-refractivity contribution in [3.05, 3.63) is 82.4 Å². The number of amides is 4. The van der Waals surface area contributed by atoms with Crippen molar-refractivity contribution in [2.45, 2.75) is 69.9 Å². The molecule has 0 saturated carbocycles. The second kappa shape index (κ2) is 16.1. The van der Waals surface area contributed by atoms with Crippen LogP contribution in [-0.4, -0.2) is 53.6 Å². The molecule has 1 atom stereocenters. The average Bonchev–Trinajstić information content (AvgIpc) is 3.38. The van der Waals surface area contributed by atoms with Crippen LogP contribution >= 0.6 is 11.6 Å². The molecule has 1 unspecified atom stereocenters. The molecular weight excluding hydrogens is 596 g/mol. The lowest BCUT2D eigenvalue weighted by Gasteiger charge is -2.19. The van der Waals surface area contributed by atoms with Gasteiger partial charge in [0.05, 0.1) is 11.1 Å². The Bertz CT molecular complexity index is 1490. The number of carbonyl (C=O) groups excluding carboxylic acids is 3. The smallest absolute Gasteiger partial charge is 0.328 e. The van der Waals surface area contributed by atoms with Crippen LogP contribution in [0.3, 0.4) is 0 Å². The van der Waals surface area contributed by atoms with Gasteiger partial charge in [-0.3, -0.25) is 14.8 Å². The molecule has 0 fully saturated rings. The maximum Gasteiger partial charge on any atom is 0.328 e. The van der Waals surface area contributed by atoms with E-state index < -0.39 is 33.9 Å². The summed E-state index contributed by atoms with van der Waals surface area (Å²) in [5.41, 5.74) is 3.42. The SMILES string of the molecule is CCCCc1ncc(C(=O)NC(CC(=O)NO)Cc2ccc(Cl)cc2)n1Cc1ccc(S(=O)(=O)NC(=O)NCCC)cc1. The molecule has 43 heavy (non-hydrogen) atoms. The van der Waals surface area contributed by atoms with E-state index in [0.29, 0.717) is 42.2 Å². The minimum absolute atomic E-state index is 0.0788. The summed E-state index contributed by atoms with van der Waals surface area (Å²) < 4.78 is 29.0. The minimum Gasteiger partial charge on any atom is -0.347 e.